The second-order valence-corrected chi connectivity index (χ2v) is 7.22. The van der Waals surface area contributed by atoms with Gasteiger partial charge >= 0.3 is 0 Å². The first-order valence-electron chi connectivity index (χ1n) is 8.71. The first-order chi connectivity index (χ1) is 10.7. The molecule has 2 aliphatic carbocycles. The van der Waals surface area contributed by atoms with Crippen molar-refractivity contribution in [2.24, 2.45) is 11.8 Å². The molecule has 22 heavy (non-hydrogen) atoms. The van der Waals surface area contributed by atoms with Gasteiger partial charge in [0.15, 0.2) is 0 Å². The molecule has 2 aromatic rings. The second-order valence-electron chi connectivity index (χ2n) is 7.22. The molecule has 2 atom stereocenters. The molecule has 2 aliphatic rings. The van der Waals surface area contributed by atoms with Crippen LogP contribution in [0.25, 0.3) is 0 Å². The van der Waals surface area contributed by atoms with Crippen molar-refractivity contribution in [3.63, 3.8) is 0 Å². The molecule has 118 valence electrons. The van der Waals surface area contributed by atoms with Gasteiger partial charge in [-0.3, -0.25) is 0 Å². The summed E-state index contributed by atoms with van der Waals surface area (Å²) in [6, 6.07) is 0. The molecule has 4 nitrogen and oxygen atoms in total. The van der Waals surface area contributed by atoms with E-state index in [2.05, 4.69) is 28.6 Å². The van der Waals surface area contributed by atoms with Crippen LogP contribution in [0.2, 0.25) is 0 Å². The highest BCUT2D eigenvalue weighted by Gasteiger charge is 2.26. The summed E-state index contributed by atoms with van der Waals surface area (Å²) in [6.45, 7) is 5.51. The Morgan fingerprint density at radius 1 is 1.14 bits per heavy atom. The molecular formula is C18H25N3O. The summed E-state index contributed by atoms with van der Waals surface area (Å²) in [4.78, 5) is 4.66. The Hall–Kier alpha value is -1.58. The van der Waals surface area contributed by atoms with Crippen LogP contribution in [0.5, 0.6) is 0 Å². The van der Waals surface area contributed by atoms with Gasteiger partial charge < -0.3 is 9.09 Å². The molecule has 0 saturated carbocycles. The summed E-state index contributed by atoms with van der Waals surface area (Å²) in [5.41, 5.74) is 5.21. The predicted octanol–water partition coefficient (Wildman–Crippen LogP) is 3.56. The van der Waals surface area contributed by atoms with Crippen LogP contribution in [-0.2, 0) is 32.2 Å². The minimum atomic E-state index is 0.734. The van der Waals surface area contributed by atoms with Gasteiger partial charge in [0, 0.05) is 17.7 Å². The lowest BCUT2D eigenvalue weighted by atomic mass is 9.82. The Labute approximate surface area is 131 Å². The predicted molar refractivity (Wildman–Crippen MR) is 84.8 cm³/mol. The number of hydrogen-bond donors (Lipinski definition) is 0. The molecule has 0 bridgehead atoms. The van der Waals surface area contributed by atoms with E-state index < -0.39 is 0 Å². The molecule has 0 spiro atoms. The maximum atomic E-state index is 5.61. The molecular weight excluding hydrogens is 274 g/mol. The summed E-state index contributed by atoms with van der Waals surface area (Å²) in [6.07, 6.45) is 10.2. The highest BCUT2D eigenvalue weighted by Crippen LogP contribution is 2.30. The fourth-order valence-electron chi connectivity index (χ4n) is 3.91. The first kappa shape index (κ1) is 14.0. The fourth-order valence-corrected chi connectivity index (χ4v) is 3.91. The average molecular weight is 299 g/mol. The quantitative estimate of drug-likeness (QED) is 0.796. The third-order valence-corrected chi connectivity index (χ3v) is 5.64. The average Bonchev–Trinajstić information content (AvgIpc) is 2.97. The lowest BCUT2D eigenvalue weighted by Gasteiger charge is -2.26. The monoisotopic (exact) mass is 299 g/mol. The number of fused-ring (bicyclic) bond motifs is 2. The zero-order valence-electron chi connectivity index (χ0n) is 13.6. The van der Waals surface area contributed by atoms with E-state index in [1.54, 1.807) is 0 Å². The van der Waals surface area contributed by atoms with Crippen LogP contribution in [0.15, 0.2) is 10.9 Å². The van der Waals surface area contributed by atoms with Crippen molar-refractivity contribution in [3.8, 4) is 0 Å². The van der Waals surface area contributed by atoms with Gasteiger partial charge in [-0.05, 0) is 43.9 Å². The summed E-state index contributed by atoms with van der Waals surface area (Å²) < 4.78 is 7.92. The van der Waals surface area contributed by atoms with Gasteiger partial charge in [-0.1, -0.05) is 25.4 Å². The van der Waals surface area contributed by atoms with Gasteiger partial charge in [0.1, 0.15) is 11.5 Å². The van der Waals surface area contributed by atoms with E-state index in [-0.39, 0.29) is 0 Å². The number of rotatable bonds is 2. The number of imidazole rings is 1. The van der Waals surface area contributed by atoms with Gasteiger partial charge in [-0.25, -0.2) is 4.98 Å². The zero-order valence-corrected chi connectivity index (χ0v) is 13.6. The highest BCUT2D eigenvalue weighted by molar-refractivity contribution is 5.26. The lowest BCUT2D eigenvalue weighted by molar-refractivity contribution is 0.348. The van der Waals surface area contributed by atoms with Crippen LogP contribution in [0.4, 0.5) is 0 Å². The largest absolute Gasteiger partial charge is 0.361 e. The van der Waals surface area contributed by atoms with E-state index >= 15 is 0 Å². The number of hydrogen-bond acceptors (Lipinski definition) is 3. The SMILES string of the molecule is CC1Cc2ncn(Cc3noc4c3CCCCC4)c2CC1C. The highest BCUT2D eigenvalue weighted by atomic mass is 16.5. The molecule has 0 aliphatic heterocycles. The summed E-state index contributed by atoms with van der Waals surface area (Å²) in [5.74, 6) is 2.60. The van der Waals surface area contributed by atoms with Crippen molar-refractivity contribution >= 4 is 0 Å². The van der Waals surface area contributed by atoms with E-state index in [4.69, 9.17) is 4.52 Å². The van der Waals surface area contributed by atoms with E-state index in [0.717, 1.165) is 55.5 Å². The fraction of sp³-hybridized carbons (Fsp3) is 0.667. The maximum absolute atomic E-state index is 5.61. The number of nitrogens with zero attached hydrogens (tertiary/aromatic N) is 3. The normalized spacial score (nSPS) is 24.6. The molecule has 0 amide bonds. The minimum Gasteiger partial charge on any atom is -0.361 e. The molecule has 4 rings (SSSR count). The molecule has 0 N–H and O–H groups in total. The van der Waals surface area contributed by atoms with Gasteiger partial charge in [-0.15, -0.1) is 0 Å². The van der Waals surface area contributed by atoms with Crippen LogP contribution in [-0.4, -0.2) is 14.7 Å². The second kappa shape index (κ2) is 5.56. The van der Waals surface area contributed by atoms with Crippen molar-refractivity contribution < 1.29 is 4.52 Å². The third kappa shape index (κ3) is 2.38. The minimum absolute atomic E-state index is 0.734. The summed E-state index contributed by atoms with van der Waals surface area (Å²) in [5, 5.41) is 4.37. The van der Waals surface area contributed by atoms with Gasteiger partial charge in [0.05, 0.1) is 18.6 Å². The lowest BCUT2D eigenvalue weighted by Crippen LogP contribution is -2.22. The third-order valence-electron chi connectivity index (χ3n) is 5.64. The van der Waals surface area contributed by atoms with Crippen molar-refractivity contribution in [2.75, 3.05) is 0 Å². The Bertz CT molecular complexity index is 670. The van der Waals surface area contributed by atoms with Crippen LogP contribution in [0.1, 0.15) is 61.5 Å². The summed E-state index contributed by atoms with van der Waals surface area (Å²) in [7, 11) is 0. The van der Waals surface area contributed by atoms with Crippen molar-refractivity contribution in [3.05, 3.63) is 34.7 Å². The topological polar surface area (TPSA) is 43.9 Å². The van der Waals surface area contributed by atoms with Crippen LogP contribution >= 0.6 is 0 Å². The van der Waals surface area contributed by atoms with Crippen molar-refractivity contribution in [1.82, 2.24) is 14.7 Å². The van der Waals surface area contributed by atoms with Crippen LogP contribution in [0, 0.1) is 11.8 Å². The van der Waals surface area contributed by atoms with E-state index in [0.29, 0.717) is 0 Å². The van der Waals surface area contributed by atoms with E-state index in [9.17, 15) is 0 Å². The molecule has 0 radical (unpaired) electrons. The molecule has 4 heteroatoms. The summed E-state index contributed by atoms with van der Waals surface area (Å²) >= 11 is 0. The Balaban J connectivity index is 1.62. The number of aryl methyl sites for hydroxylation is 1. The van der Waals surface area contributed by atoms with Crippen molar-refractivity contribution in [1.29, 1.82) is 0 Å². The van der Waals surface area contributed by atoms with Crippen LogP contribution < -0.4 is 0 Å². The molecule has 2 heterocycles. The molecule has 2 unspecified atom stereocenters. The van der Waals surface area contributed by atoms with Gasteiger partial charge in [-0.2, -0.15) is 0 Å². The Morgan fingerprint density at radius 3 is 2.86 bits per heavy atom. The maximum Gasteiger partial charge on any atom is 0.140 e. The molecule has 0 aromatic carbocycles. The Morgan fingerprint density at radius 2 is 1.95 bits per heavy atom. The Kier molecular flexibility index (Phi) is 3.55. The van der Waals surface area contributed by atoms with E-state index in [1.807, 2.05) is 6.33 Å². The number of aromatic nitrogens is 3. The zero-order chi connectivity index (χ0) is 15.1. The molecule has 0 fully saturated rings. The van der Waals surface area contributed by atoms with E-state index in [1.165, 1.54) is 36.2 Å². The smallest absolute Gasteiger partial charge is 0.140 e. The van der Waals surface area contributed by atoms with Crippen LogP contribution in [0.3, 0.4) is 0 Å². The standard InChI is InChI=1S/C18H25N3O/c1-12-8-15-17(9-13(12)2)21(11-19-15)10-16-14-6-4-3-5-7-18(14)22-20-16/h11-13H,3-10H2,1-2H3. The van der Waals surface area contributed by atoms with Gasteiger partial charge in [0.2, 0.25) is 0 Å². The van der Waals surface area contributed by atoms with Crippen molar-refractivity contribution in [2.45, 2.75) is 65.3 Å². The van der Waals surface area contributed by atoms with Gasteiger partial charge in [0.25, 0.3) is 0 Å². The first-order valence-corrected chi connectivity index (χ1v) is 8.71. The molecule has 0 saturated heterocycles. The molecule has 2 aromatic heterocycles.